The van der Waals surface area contributed by atoms with E-state index in [4.69, 9.17) is 9.47 Å². The summed E-state index contributed by atoms with van der Waals surface area (Å²) >= 11 is 0. The largest absolute Gasteiger partial charge is 0.454 e. The summed E-state index contributed by atoms with van der Waals surface area (Å²) in [5.41, 5.74) is 0.407. The highest BCUT2D eigenvalue weighted by molar-refractivity contribution is 7.89. The average molecular weight is 406 g/mol. The van der Waals surface area contributed by atoms with E-state index in [9.17, 15) is 17.6 Å². The van der Waals surface area contributed by atoms with Gasteiger partial charge < -0.3 is 14.4 Å². The van der Waals surface area contributed by atoms with E-state index in [1.165, 1.54) is 16.4 Å². The number of hydrogen-bond acceptors (Lipinski definition) is 5. The van der Waals surface area contributed by atoms with E-state index in [0.717, 1.165) is 12.1 Å². The van der Waals surface area contributed by atoms with Gasteiger partial charge in [0.05, 0.1) is 10.5 Å². The number of carbonyl (C=O) groups is 1. The number of nitrogens with zero attached hydrogens (tertiary/aromatic N) is 2. The van der Waals surface area contributed by atoms with Gasteiger partial charge in [-0.3, -0.25) is 4.79 Å². The molecule has 9 heteroatoms. The van der Waals surface area contributed by atoms with Gasteiger partial charge in [-0.25, -0.2) is 12.8 Å². The molecule has 7 nitrogen and oxygen atoms in total. The van der Waals surface area contributed by atoms with Crippen LogP contribution in [0.5, 0.6) is 11.5 Å². The van der Waals surface area contributed by atoms with E-state index < -0.39 is 15.8 Å². The van der Waals surface area contributed by atoms with Crippen LogP contribution < -0.4 is 9.47 Å². The molecule has 28 heavy (non-hydrogen) atoms. The van der Waals surface area contributed by atoms with Crippen molar-refractivity contribution in [2.24, 2.45) is 0 Å². The van der Waals surface area contributed by atoms with Crippen LogP contribution in [0.25, 0.3) is 0 Å². The maximum atomic E-state index is 13.1. The highest BCUT2D eigenvalue weighted by Gasteiger charge is 2.30. The SMILES string of the molecule is O=C(c1cccc2c1OCO2)N1CCCN(S(=O)(=O)c2ccc(F)cc2)CC1. The Labute approximate surface area is 162 Å². The fraction of sp³-hybridized carbons (Fsp3) is 0.316. The van der Waals surface area contributed by atoms with Gasteiger partial charge in [-0.2, -0.15) is 4.31 Å². The third kappa shape index (κ3) is 3.43. The van der Waals surface area contributed by atoms with Crippen LogP contribution in [0.15, 0.2) is 47.4 Å². The lowest BCUT2D eigenvalue weighted by Crippen LogP contribution is -2.37. The molecule has 2 aliphatic rings. The van der Waals surface area contributed by atoms with E-state index in [1.807, 2.05) is 0 Å². The van der Waals surface area contributed by atoms with E-state index in [0.29, 0.717) is 30.0 Å². The standard InChI is InChI=1S/C19H19FN2O5S/c20-14-5-7-15(8-6-14)28(24,25)22-10-2-9-21(11-12-22)19(23)16-3-1-4-17-18(16)27-13-26-17/h1,3-8H,2,9-13H2. The molecule has 0 atom stereocenters. The lowest BCUT2D eigenvalue weighted by atomic mass is 10.1. The van der Waals surface area contributed by atoms with Crippen molar-refractivity contribution in [3.63, 3.8) is 0 Å². The minimum absolute atomic E-state index is 0.0418. The van der Waals surface area contributed by atoms with Crippen LogP contribution in [-0.4, -0.2) is 56.5 Å². The molecule has 1 amide bonds. The molecular formula is C19H19FN2O5S. The zero-order valence-corrected chi connectivity index (χ0v) is 15.8. The van der Waals surface area contributed by atoms with Crippen molar-refractivity contribution in [1.82, 2.24) is 9.21 Å². The Hall–Kier alpha value is -2.65. The predicted octanol–water partition coefficient (Wildman–Crippen LogP) is 2.09. The van der Waals surface area contributed by atoms with Gasteiger partial charge in [0.25, 0.3) is 5.91 Å². The Morgan fingerprint density at radius 1 is 0.964 bits per heavy atom. The molecule has 148 valence electrons. The molecule has 0 saturated carbocycles. The van der Waals surface area contributed by atoms with E-state index >= 15 is 0 Å². The average Bonchev–Trinajstić information content (AvgIpc) is 3.03. The second-order valence-electron chi connectivity index (χ2n) is 6.54. The highest BCUT2D eigenvalue weighted by atomic mass is 32.2. The first kappa shape index (κ1) is 18.7. The minimum atomic E-state index is -3.74. The first-order valence-corrected chi connectivity index (χ1v) is 10.3. The van der Waals surface area contributed by atoms with Gasteiger partial charge in [-0.15, -0.1) is 0 Å². The molecule has 0 N–H and O–H groups in total. The molecule has 0 spiro atoms. The first-order valence-electron chi connectivity index (χ1n) is 8.90. The summed E-state index contributed by atoms with van der Waals surface area (Å²) < 4.78 is 50.8. The topological polar surface area (TPSA) is 76.2 Å². The highest BCUT2D eigenvalue weighted by Crippen LogP contribution is 2.36. The van der Waals surface area contributed by atoms with E-state index in [1.54, 1.807) is 23.1 Å². The van der Waals surface area contributed by atoms with Crippen molar-refractivity contribution < 1.29 is 27.1 Å². The van der Waals surface area contributed by atoms with Crippen molar-refractivity contribution in [3.05, 3.63) is 53.8 Å². The summed E-state index contributed by atoms with van der Waals surface area (Å²) in [7, 11) is -3.74. The number of carbonyl (C=O) groups excluding carboxylic acids is 1. The second kappa shape index (κ2) is 7.40. The van der Waals surface area contributed by atoms with Crippen molar-refractivity contribution in [2.75, 3.05) is 33.0 Å². The lowest BCUT2D eigenvalue weighted by molar-refractivity contribution is 0.0759. The molecule has 0 aromatic heterocycles. The molecule has 1 fully saturated rings. The first-order chi connectivity index (χ1) is 13.5. The van der Waals surface area contributed by atoms with E-state index in [-0.39, 0.29) is 37.2 Å². The number of para-hydroxylation sites is 1. The van der Waals surface area contributed by atoms with Crippen molar-refractivity contribution in [1.29, 1.82) is 0 Å². The quantitative estimate of drug-likeness (QED) is 0.780. The van der Waals surface area contributed by atoms with Gasteiger partial charge in [-0.1, -0.05) is 6.07 Å². The molecule has 0 bridgehead atoms. The molecule has 2 heterocycles. The smallest absolute Gasteiger partial charge is 0.257 e. The zero-order chi connectivity index (χ0) is 19.7. The van der Waals surface area contributed by atoms with Crippen LogP contribution >= 0.6 is 0 Å². The van der Waals surface area contributed by atoms with E-state index in [2.05, 4.69) is 0 Å². The molecule has 0 radical (unpaired) electrons. The van der Waals surface area contributed by atoms with Crippen molar-refractivity contribution >= 4 is 15.9 Å². The number of rotatable bonds is 3. The summed E-state index contributed by atoms with van der Waals surface area (Å²) in [6, 6.07) is 9.89. The Balaban J connectivity index is 1.50. The summed E-state index contributed by atoms with van der Waals surface area (Å²) in [4.78, 5) is 14.6. The number of fused-ring (bicyclic) bond motifs is 1. The third-order valence-corrected chi connectivity index (χ3v) is 6.73. The van der Waals surface area contributed by atoms with Crippen LogP contribution in [0.4, 0.5) is 4.39 Å². The van der Waals surface area contributed by atoms with Crippen molar-refractivity contribution in [3.8, 4) is 11.5 Å². The maximum absolute atomic E-state index is 13.1. The Kier molecular flexibility index (Phi) is 4.94. The Morgan fingerprint density at radius 2 is 1.75 bits per heavy atom. The molecule has 2 aromatic rings. The number of hydrogen-bond donors (Lipinski definition) is 0. The van der Waals surface area contributed by atoms with Crippen molar-refractivity contribution in [2.45, 2.75) is 11.3 Å². The van der Waals surface area contributed by atoms with Gasteiger partial charge in [0.2, 0.25) is 16.8 Å². The monoisotopic (exact) mass is 406 g/mol. The van der Waals surface area contributed by atoms with Gasteiger partial charge in [0.1, 0.15) is 5.82 Å². The predicted molar refractivity (Wildman–Crippen MR) is 98.2 cm³/mol. The fourth-order valence-corrected chi connectivity index (χ4v) is 4.83. The number of ether oxygens (including phenoxy) is 2. The zero-order valence-electron chi connectivity index (χ0n) is 15.0. The molecule has 4 rings (SSSR count). The molecule has 2 aliphatic heterocycles. The number of benzene rings is 2. The van der Waals surface area contributed by atoms with Crippen LogP contribution in [0, 0.1) is 5.82 Å². The maximum Gasteiger partial charge on any atom is 0.257 e. The molecule has 0 aliphatic carbocycles. The number of amides is 1. The fourth-order valence-electron chi connectivity index (χ4n) is 3.36. The van der Waals surface area contributed by atoms with Crippen LogP contribution in [-0.2, 0) is 10.0 Å². The summed E-state index contributed by atoms with van der Waals surface area (Å²) in [6.45, 7) is 1.21. The van der Waals surface area contributed by atoms with Crippen LogP contribution in [0.3, 0.4) is 0 Å². The summed E-state index contributed by atoms with van der Waals surface area (Å²) in [5.74, 6) is 0.241. The lowest BCUT2D eigenvalue weighted by Gasteiger charge is -2.22. The molecule has 2 aromatic carbocycles. The Morgan fingerprint density at radius 3 is 2.54 bits per heavy atom. The molecular weight excluding hydrogens is 387 g/mol. The van der Waals surface area contributed by atoms with Crippen LogP contribution in [0.2, 0.25) is 0 Å². The minimum Gasteiger partial charge on any atom is -0.454 e. The Bertz CT molecular complexity index is 994. The normalized spacial score (nSPS) is 17.4. The summed E-state index contributed by atoms with van der Waals surface area (Å²) in [5, 5.41) is 0. The van der Waals surface area contributed by atoms with Gasteiger partial charge >= 0.3 is 0 Å². The molecule has 1 saturated heterocycles. The van der Waals surface area contributed by atoms with Crippen LogP contribution in [0.1, 0.15) is 16.8 Å². The number of halogens is 1. The number of sulfonamides is 1. The summed E-state index contributed by atoms with van der Waals surface area (Å²) in [6.07, 6.45) is 0.499. The second-order valence-corrected chi connectivity index (χ2v) is 8.48. The molecule has 0 unspecified atom stereocenters. The third-order valence-electron chi connectivity index (χ3n) is 4.82. The van der Waals surface area contributed by atoms with Gasteiger partial charge in [0, 0.05) is 26.2 Å². The van der Waals surface area contributed by atoms with Gasteiger partial charge in [0.15, 0.2) is 11.5 Å². The van der Waals surface area contributed by atoms with Gasteiger partial charge in [-0.05, 0) is 42.8 Å².